The highest BCUT2D eigenvalue weighted by molar-refractivity contribution is 7.92. The molecule has 33 heavy (non-hydrogen) atoms. The Labute approximate surface area is 209 Å². The number of amides is 2. The van der Waals surface area contributed by atoms with Gasteiger partial charge in [0, 0.05) is 18.1 Å². The number of nitrogens with zero attached hydrogens (tertiary/aromatic N) is 2. The molecule has 0 unspecified atom stereocenters. The minimum atomic E-state index is -3.82. The second-order valence-corrected chi connectivity index (χ2v) is 10.5. The van der Waals surface area contributed by atoms with E-state index in [1.165, 1.54) is 11.0 Å². The first kappa shape index (κ1) is 27.2. The molecule has 2 aromatic rings. The highest BCUT2D eigenvalue weighted by atomic mass is 35.5. The second-order valence-electron chi connectivity index (χ2n) is 7.34. The van der Waals surface area contributed by atoms with Gasteiger partial charge in [0.25, 0.3) is 0 Å². The van der Waals surface area contributed by atoms with Crippen LogP contribution in [0.25, 0.3) is 0 Å². The van der Waals surface area contributed by atoms with E-state index < -0.39 is 28.5 Å². The maximum absolute atomic E-state index is 13.5. The summed E-state index contributed by atoms with van der Waals surface area (Å²) in [6, 6.07) is 10.3. The van der Waals surface area contributed by atoms with E-state index in [0.717, 1.165) is 10.6 Å². The molecule has 0 saturated heterocycles. The Morgan fingerprint density at radius 1 is 1.03 bits per heavy atom. The molecule has 0 aliphatic heterocycles. The monoisotopic (exact) mass is 533 g/mol. The predicted molar refractivity (Wildman–Crippen MR) is 133 cm³/mol. The van der Waals surface area contributed by atoms with Crippen molar-refractivity contribution in [3.8, 4) is 0 Å². The molecule has 0 saturated carbocycles. The normalized spacial score (nSPS) is 12.2. The van der Waals surface area contributed by atoms with Crippen LogP contribution < -0.4 is 9.62 Å². The number of benzene rings is 2. The summed E-state index contributed by atoms with van der Waals surface area (Å²) in [4.78, 5) is 27.6. The molecule has 0 radical (unpaired) electrons. The van der Waals surface area contributed by atoms with Crippen LogP contribution in [-0.2, 0) is 26.2 Å². The third-order valence-electron chi connectivity index (χ3n) is 4.85. The molecule has 1 atom stereocenters. The summed E-state index contributed by atoms with van der Waals surface area (Å²) in [6.45, 7) is 3.48. The summed E-state index contributed by atoms with van der Waals surface area (Å²) in [7, 11) is -3.82. The Morgan fingerprint density at radius 2 is 1.73 bits per heavy atom. The molecule has 0 spiro atoms. The van der Waals surface area contributed by atoms with E-state index in [-0.39, 0.29) is 18.1 Å². The van der Waals surface area contributed by atoms with Crippen molar-refractivity contribution in [3.63, 3.8) is 0 Å². The van der Waals surface area contributed by atoms with Crippen molar-refractivity contribution in [3.05, 3.63) is 63.1 Å². The van der Waals surface area contributed by atoms with Gasteiger partial charge >= 0.3 is 0 Å². The van der Waals surface area contributed by atoms with Crippen molar-refractivity contribution in [2.45, 2.75) is 32.9 Å². The SMILES string of the molecule is CCNC(=O)[C@@H](CC)N(Cc1ccc(Cl)c(Cl)c1)C(=O)CN(c1cccc(Cl)c1)S(C)(=O)=O. The molecule has 0 aliphatic rings. The first-order chi connectivity index (χ1) is 15.5. The highest BCUT2D eigenvalue weighted by Gasteiger charge is 2.31. The van der Waals surface area contributed by atoms with Crippen molar-refractivity contribution in [1.29, 1.82) is 0 Å². The van der Waals surface area contributed by atoms with E-state index in [0.29, 0.717) is 33.6 Å². The van der Waals surface area contributed by atoms with E-state index in [1.54, 1.807) is 50.2 Å². The first-order valence-electron chi connectivity index (χ1n) is 10.2. The second kappa shape index (κ2) is 11.9. The van der Waals surface area contributed by atoms with Crippen LogP contribution in [0.3, 0.4) is 0 Å². The van der Waals surface area contributed by atoms with Gasteiger partial charge in [0.2, 0.25) is 21.8 Å². The number of carbonyl (C=O) groups is 2. The molecule has 0 aliphatic carbocycles. The molecule has 7 nitrogen and oxygen atoms in total. The molecule has 180 valence electrons. The molecular formula is C22H26Cl3N3O4S. The summed E-state index contributed by atoms with van der Waals surface area (Å²) >= 11 is 18.2. The number of nitrogens with one attached hydrogen (secondary N) is 1. The van der Waals surface area contributed by atoms with E-state index in [2.05, 4.69) is 5.32 Å². The quantitative estimate of drug-likeness (QED) is 0.491. The summed E-state index contributed by atoms with van der Waals surface area (Å²) in [5.74, 6) is -0.883. The van der Waals surface area contributed by atoms with Crippen LogP contribution in [0.2, 0.25) is 15.1 Å². The molecule has 0 aromatic heterocycles. The van der Waals surface area contributed by atoms with Gasteiger partial charge in [-0.15, -0.1) is 0 Å². The molecule has 1 N–H and O–H groups in total. The highest BCUT2D eigenvalue weighted by Crippen LogP contribution is 2.25. The van der Waals surface area contributed by atoms with Crippen LogP contribution in [0.1, 0.15) is 25.8 Å². The molecule has 2 amide bonds. The number of rotatable bonds is 10. The average Bonchev–Trinajstić information content (AvgIpc) is 2.73. The number of hydrogen-bond donors (Lipinski definition) is 1. The number of anilines is 1. The van der Waals surface area contributed by atoms with Crippen molar-refractivity contribution in [2.24, 2.45) is 0 Å². The smallest absolute Gasteiger partial charge is 0.244 e. The van der Waals surface area contributed by atoms with Gasteiger partial charge < -0.3 is 10.2 Å². The van der Waals surface area contributed by atoms with Crippen molar-refractivity contribution < 1.29 is 18.0 Å². The molecule has 0 fully saturated rings. The molecule has 0 heterocycles. The Bertz CT molecular complexity index is 1110. The fourth-order valence-corrected chi connectivity index (χ4v) is 4.64. The lowest BCUT2D eigenvalue weighted by atomic mass is 10.1. The van der Waals surface area contributed by atoms with Crippen molar-refractivity contribution >= 4 is 62.3 Å². The zero-order valence-corrected chi connectivity index (χ0v) is 21.6. The summed E-state index contributed by atoms with van der Waals surface area (Å²) in [6.07, 6.45) is 1.33. The predicted octanol–water partition coefficient (Wildman–Crippen LogP) is 4.36. The van der Waals surface area contributed by atoms with Gasteiger partial charge in [0.05, 0.1) is 22.0 Å². The van der Waals surface area contributed by atoms with Gasteiger partial charge in [0.1, 0.15) is 12.6 Å². The van der Waals surface area contributed by atoms with Crippen LogP contribution in [0.15, 0.2) is 42.5 Å². The Morgan fingerprint density at radius 3 is 2.27 bits per heavy atom. The zero-order chi connectivity index (χ0) is 24.8. The van der Waals surface area contributed by atoms with E-state index in [1.807, 2.05) is 0 Å². The van der Waals surface area contributed by atoms with Crippen LogP contribution in [0.4, 0.5) is 5.69 Å². The summed E-state index contributed by atoms with van der Waals surface area (Å²) in [5, 5.41) is 3.73. The molecule has 2 aromatic carbocycles. The van der Waals surface area contributed by atoms with E-state index in [9.17, 15) is 18.0 Å². The van der Waals surface area contributed by atoms with E-state index >= 15 is 0 Å². The van der Waals surface area contributed by atoms with Crippen LogP contribution >= 0.6 is 34.8 Å². The maximum Gasteiger partial charge on any atom is 0.244 e. The van der Waals surface area contributed by atoms with Gasteiger partial charge in [0.15, 0.2) is 0 Å². The number of hydrogen-bond acceptors (Lipinski definition) is 4. The summed E-state index contributed by atoms with van der Waals surface area (Å²) in [5.41, 5.74) is 0.896. The Hall–Kier alpha value is -2.00. The molecule has 0 bridgehead atoms. The van der Waals surface area contributed by atoms with Crippen molar-refractivity contribution in [2.75, 3.05) is 23.7 Å². The number of likely N-dealkylation sites (N-methyl/N-ethyl adjacent to an activating group) is 1. The minimum Gasteiger partial charge on any atom is -0.355 e. The fourth-order valence-electron chi connectivity index (χ4n) is 3.29. The Kier molecular flexibility index (Phi) is 9.84. The molecule has 2 rings (SSSR count). The largest absolute Gasteiger partial charge is 0.355 e. The average molecular weight is 535 g/mol. The van der Waals surface area contributed by atoms with E-state index in [4.69, 9.17) is 34.8 Å². The van der Waals surface area contributed by atoms with Crippen LogP contribution in [-0.4, -0.2) is 50.5 Å². The maximum atomic E-state index is 13.5. The minimum absolute atomic E-state index is 0.0402. The number of sulfonamides is 1. The van der Waals surface area contributed by atoms with Gasteiger partial charge in [-0.1, -0.05) is 53.9 Å². The van der Waals surface area contributed by atoms with Crippen molar-refractivity contribution in [1.82, 2.24) is 10.2 Å². The third-order valence-corrected chi connectivity index (χ3v) is 6.96. The lowest BCUT2D eigenvalue weighted by molar-refractivity contribution is -0.140. The van der Waals surface area contributed by atoms with Gasteiger partial charge in [-0.3, -0.25) is 13.9 Å². The zero-order valence-electron chi connectivity index (χ0n) is 18.5. The third kappa shape index (κ3) is 7.50. The Balaban J connectivity index is 2.45. The molecular weight excluding hydrogens is 509 g/mol. The molecule has 11 heteroatoms. The van der Waals surface area contributed by atoms with Crippen LogP contribution in [0.5, 0.6) is 0 Å². The standard InChI is InChI=1S/C22H26Cl3N3O4S/c1-4-20(22(30)26-5-2)27(13-15-9-10-18(24)19(25)11-15)21(29)14-28(33(3,31)32)17-8-6-7-16(23)12-17/h6-12,20H,4-5,13-14H2,1-3H3,(H,26,30)/t20-/m1/s1. The topological polar surface area (TPSA) is 86.8 Å². The van der Waals surface area contributed by atoms with Crippen LogP contribution in [0, 0.1) is 0 Å². The van der Waals surface area contributed by atoms with Gasteiger partial charge in [-0.2, -0.15) is 0 Å². The number of halogens is 3. The summed E-state index contributed by atoms with van der Waals surface area (Å²) < 4.78 is 26.0. The van der Waals surface area contributed by atoms with Gasteiger partial charge in [-0.05, 0) is 49.2 Å². The fraction of sp³-hybridized carbons (Fsp3) is 0.364. The number of carbonyl (C=O) groups excluding carboxylic acids is 2. The van der Waals surface area contributed by atoms with Gasteiger partial charge in [-0.25, -0.2) is 8.42 Å². The first-order valence-corrected chi connectivity index (χ1v) is 13.2. The lowest BCUT2D eigenvalue weighted by Gasteiger charge is -2.32. The lowest BCUT2D eigenvalue weighted by Crippen LogP contribution is -2.52.